The van der Waals surface area contributed by atoms with Crippen LogP contribution in [0, 0.1) is 0 Å². The first-order valence-corrected chi connectivity index (χ1v) is 10.0. The molecule has 4 N–H and O–H groups in total. The van der Waals surface area contributed by atoms with E-state index in [0.29, 0.717) is 6.54 Å². The van der Waals surface area contributed by atoms with Gasteiger partial charge < -0.3 is 20.9 Å². The summed E-state index contributed by atoms with van der Waals surface area (Å²) in [6, 6.07) is 7.78. The monoisotopic (exact) mass is 418 g/mol. The van der Waals surface area contributed by atoms with Gasteiger partial charge in [0.25, 0.3) is 5.91 Å². The zero-order chi connectivity index (χ0) is 22.1. The van der Waals surface area contributed by atoms with Crippen molar-refractivity contribution in [1.29, 1.82) is 0 Å². The second kappa shape index (κ2) is 11.1. The average Bonchev–Trinajstić information content (AvgIpc) is 3.17. The highest BCUT2D eigenvalue weighted by Crippen LogP contribution is 2.28. The van der Waals surface area contributed by atoms with Gasteiger partial charge in [-0.2, -0.15) is 4.98 Å². The SMILES string of the molecule is CC.CCn1ccc2c(Nc3nc(NCCCC(F)F)ncc3C(N)=O)cccc21. The van der Waals surface area contributed by atoms with Gasteiger partial charge in [-0.25, -0.2) is 13.8 Å². The van der Waals surface area contributed by atoms with Crippen LogP contribution in [-0.4, -0.2) is 33.4 Å². The number of primary amides is 1. The van der Waals surface area contributed by atoms with Gasteiger partial charge in [0.15, 0.2) is 0 Å². The number of carbonyl (C=O) groups is 1. The summed E-state index contributed by atoms with van der Waals surface area (Å²) in [4.78, 5) is 20.1. The number of nitrogens with two attached hydrogens (primary N) is 1. The number of fused-ring (bicyclic) bond motifs is 1. The topological polar surface area (TPSA) is 97.9 Å². The highest BCUT2D eigenvalue weighted by molar-refractivity contribution is 6.00. The molecule has 2 heterocycles. The summed E-state index contributed by atoms with van der Waals surface area (Å²) in [5, 5.41) is 7.03. The zero-order valence-electron chi connectivity index (χ0n) is 17.5. The van der Waals surface area contributed by atoms with E-state index in [1.54, 1.807) is 0 Å². The molecule has 0 aliphatic carbocycles. The molecule has 0 atom stereocenters. The van der Waals surface area contributed by atoms with Crippen LogP contribution < -0.4 is 16.4 Å². The Morgan fingerprint density at radius 1 is 1.27 bits per heavy atom. The van der Waals surface area contributed by atoms with Crippen molar-refractivity contribution in [2.75, 3.05) is 17.2 Å². The van der Waals surface area contributed by atoms with Crippen LogP contribution in [0.5, 0.6) is 0 Å². The van der Waals surface area contributed by atoms with Gasteiger partial charge in [0.05, 0.1) is 5.52 Å². The summed E-state index contributed by atoms with van der Waals surface area (Å²) < 4.78 is 26.6. The van der Waals surface area contributed by atoms with Gasteiger partial charge >= 0.3 is 0 Å². The molecule has 2 aromatic heterocycles. The molecule has 9 heteroatoms. The lowest BCUT2D eigenvalue weighted by Gasteiger charge is -2.12. The minimum Gasteiger partial charge on any atom is -0.365 e. The van der Waals surface area contributed by atoms with E-state index in [-0.39, 0.29) is 30.2 Å². The number of carbonyl (C=O) groups excluding carboxylic acids is 1. The lowest BCUT2D eigenvalue weighted by atomic mass is 10.2. The number of rotatable bonds is 9. The average molecular weight is 418 g/mol. The molecule has 3 aromatic rings. The lowest BCUT2D eigenvalue weighted by Crippen LogP contribution is -2.16. The third-order valence-corrected chi connectivity index (χ3v) is 4.34. The lowest BCUT2D eigenvalue weighted by molar-refractivity contribution is 0.100. The van der Waals surface area contributed by atoms with E-state index in [2.05, 4.69) is 32.1 Å². The van der Waals surface area contributed by atoms with Crippen LogP contribution in [-0.2, 0) is 6.54 Å². The quantitative estimate of drug-likeness (QED) is 0.435. The summed E-state index contributed by atoms with van der Waals surface area (Å²) in [6.07, 6.45) is 1.05. The first-order valence-electron chi connectivity index (χ1n) is 10.0. The number of aromatic nitrogens is 3. The van der Waals surface area contributed by atoms with Crippen LogP contribution in [0.2, 0.25) is 0 Å². The van der Waals surface area contributed by atoms with Gasteiger partial charge in [0.1, 0.15) is 11.4 Å². The van der Waals surface area contributed by atoms with Crippen molar-refractivity contribution in [3.8, 4) is 0 Å². The molecule has 0 unspecified atom stereocenters. The van der Waals surface area contributed by atoms with Crippen LogP contribution >= 0.6 is 0 Å². The third-order valence-electron chi connectivity index (χ3n) is 4.34. The van der Waals surface area contributed by atoms with Crippen LogP contribution in [0.25, 0.3) is 10.9 Å². The molecule has 0 aliphatic rings. The zero-order valence-corrected chi connectivity index (χ0v) is 17.5. The Morgan fingerprint density at radius 3 is 2.70 bits per heavy atom. The van der Waals surface area contributed by atoms with Gasteiger partial charge in [0, 0.05) is 43.0 Å². The number of alkyl halides is 2. The standard InChI is InChI=1S/C19H22F2N6O.C2H6/c1-2-27-10-8-12-14(5-3-6-15(12)27)25-18-13(17(22)28)11-24-19(26-18)23-9-4-7-16(20)21;1-2/h3,5-6,8,10-11,16H,2,4,7,9H2,1H3,(H2,22,28)(H2,23,24,25,26);1-2H3. The van der Waals surface area contributed by atoms with E-state index in [4.69, 9.17) is 5.73 Å². The fourth-order valence-corrected chi connectivity index (χ4v) is 2.93. The Bertz CT molecular complexity index is 973. The van der Waals surface area contributed by atoms with E-state index < -0.39 is 12.3 Å². The molecular weight excluding hydrogens is 390 g/mol. The molecule has 3 rings (SSSR count). The number of aryl methyl sites for hydroxylation is 1. The molecule has 0 bridgehead atoms. The predicted octanol–water partition coefficient (Wildman–Crippen LogP) is 4.78. The summed E-state index contributed by atoms with van der Waals surface area (Å²) in [5.74, 6) is -0.166. The van der Waals surface area contributed by atoms with Gasteiger partial charge in [-0.1, -0.05) is 19.9 Å². The van der Waals surface area contributed by atoms with Crippen molar-refractivity contribution in [3.63, 3.8) is 0 Å². The second-order valence-corrected chi connectivity index (χ2v) is 6.25. The summed E-state index contributed by atoms with van der Waals surface area (Å²) in [6.45, 7) is 7.19. The maximum Gasteiger partial charge on any atom is 0.254 e. The second-order valence-electron chi connectivity index (χ2n) is 6.25. The Balaban J connectivity index is 0.00000155. The van der Waals surface area contributed by atoms with E-state index in [0.717, 1.165) is 23.1 Å². The minimum atomic E-state index is -2.34. The Hall–Kier alpha value is -3.23. The van der Waals surface area contributed by atoms with Crippen molar-refractivity contribution < 1.29 is 13.6 Å². The molecule has 30 heavy (non-hydrogen) atoms. The highest BCUT2D eigenvalue weighted by atomic mass is 19.3. The van der Waals surface area contributed by atoms with Crippen LogP contribution in [0.1, 0.15) is 44.0 Å². The predicted molar refractivity (Wildman–Crippen MR) is 117 cm³/mol. The molecular formula is C21H28F2N6O. The van der Waals surface area contributed by atoms with Gasteiger partial charge in [-0.05, 0) is 31.5 Å². The normalized spacial score (nSPS) is 10.6. The first-order chi connectivity index (χ1) is 14.5. The highest BCUT2D eigenvalue weighted by Gasteiger charge is 2.14. The first kappa shape index (κ1) is 23.1. The Labute approximate surface area is 174 Å². The number of anilines is 3. The molecule has 0 aliphatic heterocycles. The van der Waals surface area contributed by atoms with E-state index >= 15 is 0 Å². The number of nitrogens with one attached hydrogen (secondary N) is 2. The summed E-state index contributed by atoms with van der Waals surface area (Å²) in [7, 11) is 0. The van der Waals surface area contributed by atoms with Crippen molar-refractivity contribution in [2.45, 2.75) is 46.6 Å². The number of benzene rings is 1. The van der Waals surface area contributed by atoms with E-state index in [9.17, 15) is 13.6 Å². The van der Waals surface area contributed by atoms with E-state index in [1.165, 1.54) is 6.20 Å². The molecule has 0 spiro atoms. The van der Waals surface area contributed by atoms with Crippen molar-refractivity contribution in [2.24, 2.45) is 5.73 Å². The largest absolute Gasteiger partial charge is 0.365 e. The Kier molecular flexibility index (Phi) is 8.52. The summed E-state index contributed by atoms with van der Waals surface area (Å²) >= 11 is 0. The molecule has 162 valence electrons. The molecule has 0 fully saturated rings. The maximum atomic E-state index is 12.2. The summed E-state index contributed by atoms with van der Waals surface area (Å²) in [5.41, 5.74) is 7.41. The number of nitrogens with zero attached hydrogens (tertiary/aromatic N) is 3. The van der Waals surface area contributed by atoms with E-state index in [1.807, 2.05) is 44.3 Å². The third kappa shape index (κ3) is 5.65. The molecule has 0 radical (unpaired) electrons. The molecule has 0 saturated carbocycles. The van der Waals surface area contributed by atoms with Gasteiger partial charge in [-0.15, -0.1) is 0 Å². The maximum absolute atomic E-state index is 12.2. The minimum absolute atomic E-state index is 0.144. The number of halogens is 2. The Morgan fingerprint density at radius 2 is 2.03 bits per heavy atom. The fourth-order valence-electron chi connectivity index (χ4n) is 2.93. The van der Waals surface area contributed by atoms with Crippen molar-refractivity contribution >= 4 is 34.3 Å². The van der Waals surface area contributed by atoms with Crippen LogP contribution in [0.15, 0.2) is 36.7 Å². The number of hydrogen-bond donors (Lipinski definition) is 3. The number of hydrogen-bond acceptors (Lipinski definition) is 5. The smallest absolute Gasteiger partial charge is 0.254 e. The molecule has 1 aromatic carbocycles. The van der Waals surface area contributed by atoms with Crippen LogP contribution in [0.4, 0.5) is 26.2 Å². The fraction of sp³-hybridized carbons (Fsp3) is 0.381. The van der Waals surface area contributed by atoms with Gasteiger partial charge in [0.2, 0.25) is 12.4 Å². The van der Waals surface area contributed by atoms with Gasteiger partial charge in [-0.3, -0.25) is 4.79 Å². The number of amides is 1. The van der Waals surface area contributed by atoms with Crippen LogP contribution in [0.3, 0.4) is 0 Å². The molecule has 0 saturated heterocycles. The van der Waals surface area contributed by atoms with Crippen molar-refractivity contribution in [1.82, 2.24) is 14.5 Å². The molecule has 7 nitrogen and oxygen atoms in total. The molecule has 1 amide bonds. The van der Waals surface area contributed by atoms with Crippen molar-refractivity contribution in [3.05, 3.63) is 42.2 Å².